The summed E-state index contributed by atoms with van der Waals surface area (Å²) in [5, 5.41) is 0.844. The van der Waals surface area contributed by atoms with Crippen LogP contribution in [0.15, 0.2) is 53.3 Å². The molecule has 4 rings (SSSR count). The van der Waals surface area contributed by atoms with Crippen molar-refractivity contribution in [1.82, 2.24) is 9.47 Å². The van der Waals surface area contributed by atoms with E-state index in [1.165, 1.54) is 22.9 Å². The van der Waals surface area contributed by atoms with Crippen molar-refractivity contribution in [2.24, 2.45) is 0 Å². The Kier molecular flexibility index (Phi) is 5.98. The minimum Gasteiger partial charge on any atom is -0.483 e. The fraction of sp³-hybridized carbons (Fsp3) is 0.360. The third-order valence-electron chi connectivity index (χ3n) is 6.20. The molecule has 1 aliphatic rings. The first-order valence-electron chi connectivity index (χ1n) is 10.8. The van der Waals surface area contributed by atoms with Crippen LogP contribution in [0.2, 0.25) is 0 Å². The molecule has 6 heteroatoms. The lowest BCUT2D eigenvalue weighted by Gasteiger charge is -2.37. The summed E-state index contributed by atoms with van der Waals surface area (Å²) in [7, 11) is 0. The molecule has 0 unspecified atom stereocenters. The predicted octanol–water partition coefficient (Wildman–Crippen LogP) is 3.37. The number of amides is 1. The third kappa shape index (κ3) is 4.15. The second kappa shape index (κ2) is 8.84. The number of aromatic nitrogens is 1. The monoisotopic (exact) mass is 419 g/mol. The molecule has 0 aliphatic carbocycles. The lowest BCUT2D eigenvalue weighted by Crippen LogP contribution is -2.50. The Hall–Kier alpha value is -3.28. The summed E-state index contributed by atoms with van der Waals surface area (Å²) in [6.45, 7) is 9.64. The van der Waals surface area contributed by atoms with Crippen molar-refractivity contribution in [3.8, 4) is 5.75 Å². The Bertz CT molecular complexity index is 1160. The molecule has 1 fully saturated rings. The van der Waals surface area contributed by atoms with Gasteiger partial charge in [0.15, 0.2) is 6.61 Å². The van der Waals surface area contributed by atoms with Crippen molar-refractivity contribution < 1.29 is 9.53 Å². The number of carbonyl (C=O) groups is 1. The third-order valence-corrected chi connectivity index (χ3v) is 6.20. The van der Waals surface area contributed by atoms with E-state index in [1.807, 2.05) is 36.1 Å². The number of piperazine rings is 1. The number of hydrogen-bond acceptors (Lipinski definition) is 4. The van der Waals surface area contributed by atoms with Crippen molar-refractivity contribution in [3.05, 3.63) is 70.0 Å². The molecule has 6 nitrogen and oxygen atoms in total. The largest absolute Gasteiger partial charge is 0.483 e. The summed E-state index contributed by atoms with van der Waals surface area (Å²) in [6, 6.07) is 15.5. The van der Waals surface area contributed by atoms with Gasteiger partial charge in [-0.2, -0.15) is 0 Å². The number of fused-ring (bicyclic) bond motifs is 1. The molecule has 0 bridgehead atoms. The lowest BCUT2D eigenvalue weighted by atomic mass is 10.1. The predicted molar refractivity (Wildman–Crippen MR) is 124 cm³/mol. The van der Waals surface area contributed by atoms with Gasteiger partial charge in [-0.15, -0.1) is 0 Å². The molecule has 0 atom stereocenters. The van der Waals surface area contributed by atoms with Crippen LogP contribution < -0.4 is 15.2 Å². The van der Waals surface area contributed by atoms with Crippen LogP contribution in [0.3, 0.4) is 0 Å². The second-order valence-electron chi connectivity index (χ2n) is 7.98. The molecule has 0 radical (unpaired) electrons. The van der Waals surface area contributed by atoms with E-state index in [2.05, 4.69) is 36.9 Å². The van der Waals surface area contributed by atoms with Crippen LogP contribution in [0.25, 0.3) is 10.9 Å². The van der Waals surface area contributed by atoms with Gasteiger partial charge in [0.2, 0.25) is 0 Å². The first-order chi connectivity index (χ1) is 15.0. The minimum absolute atomic E-state index is 0.0515. The van der Waals surface area contributed by atoms with Gasteiger partial charge >= 0.3 is 0 Å². The van der Waals surface area contributed by atoms with Gasteiger partial charge in [-0.25, -0.2) is 0 Å². The standard InChI is InChI=1S/C25H29N3O3/c1-4-28-22-10-6-5-9-20(22)23(16-24(28)29)31-17-25(30)27-14-12-26(13-15-27)21-11-7-8-18(2)19(21)3/h5-11,16H,4,12-15,17H2,1-3H3. The molecule has 1 amide bonds. The first kappa shape index (κ1) is 21.0. The Balaban J connectivity index is 1.42. The number of para-hydroxylation sites is 1. The van der Waals surface area contributed by atoms with E-state index in [9.17, 15) is 9.59 Å². The number of anilines is 1. The molecule has 162 valence electrons. The zero-order valence-corrected chi connectivity index (χ0v) is 18.4. The smallest absolute Gasteiger partial charge is 0.260 e. The number of aryl methyl sites for hydroxylation is 2. The quantitative estimate of drug-likeness (QED) is 0.636. The zero-order chi connectivity index (χ0) is 22.0. The maximum absolute atomic E-state index is 12.8. The van der Waals surface area contributed by atoms with Gasteiger partial charge in [-0.05, 0) is 50.1 Å². The molecule has 2 aromatic carbocycles. The SMILES string of the molecule is CCn1c(=O)cc(OCC(=O)N2CCN(c3cccc(C)c3C)CC2)c2ccccc21. The number of pyridine rings is 1. The van der Waals surface area contributed by atoms with Gasteiger partial charge in [-0.1, -0.05) is 24.3 Å². The Labute approximate surface area is 182 Å². The number of nitrogens with zero attached hydrogens (tertiary/aromatic N) is 3. The second-order valence-corrected chi connectivity index (χ2v) is 7.98. The molecule has 2 heterocycles. The molecule has 31 heavy (non-hydrogen) atoms. The van der Waals surface area contributed by atoms with Gasteiger partial charge < -0.3 is 19.1 Å². The molecule has 0 saturated carbocycles. The summed E-state index contributed by atoms with van der Waals surface area (Å²) in [4.78, 5) is 29.4. The highest BCUT2D eigenvalue weighted by atomic mass is 16.5. The molecule has 1 aromatic heterocycles. The van der Waals surface area contributed by atoms with Crippen LogP contribution in [0.1, 0.15) is 18.1 Å². The van der Waals surface area contributed by atoms with E-state index in [4.69, 9.17) is 4.74 Å². The van der Waals surface area contributed by atoms with Gasteiger partial charge in [0, 0.05) is 49.9 Å². The van der Waals surface area contributed by atoms with Crippen molar-refractivity contribution in [3.63, 3.8) is 0 Å². The van der Waals surface area contributed by atoms with Crippen LogP contribution in [0.4, 0.5) is 5.69 Å². The molecular formula is C25H29N3O3. The van der Waals surface area contributed by atoms with Crippen LogP contribution >= 0.6 is 0 Å². The summed E-state index contributed by atoms with van der Waals surface area (Å²) in [5.74, 6) is 0.414. The van der Waals surface area contributed by atoms with Crippen LogP contribution in [0.5, 0.6) is 5.75 Å². The Morgan fingerprint density at radius 1 is 1.00 bits per heavy atom. The van der Waals surface area contributed by atoms with Crippen LogP contribution in [0, 0.1) is 13.8 Å². The van der Waals surface area contributed by atoms with Gasteiger partial charge in [-0.3, -0.25) is 9.59 Å². The van der Waals surface area contributed by atoms with Gasteiger partial charge in [0.25, 0.3) is 11.5 Å². The molecule has 0 N–H and O–H groups in total. The fourth-order valence-corrected chi connectivity index (χ4v) is 4.26. The number of hydrogen-bond donors (Lipinski definition) is 0. The van der Waals surface area contributed by atoms with E-state index in [1.54, 1.807) is 4.57 Å². The number of ether oxygens (including phenoxy) is 1. The highest BCUT2D eigenvalue weighted by Crippen LogP contribution is 2.25. The van der Waals surface area contributed by atoms with E-state index in [0.29, 0.717) is 25.4 Å². The molecule has 1 saturated heterocycles. The Morgan fingerprint density at radius 2 is 1.74 bits per heavy atom. The zero-order valence-electron chi connectivity index (χ0n) is 18.4. The average Bonchev–Trinajstić information content (AvgIpc) is 2.79. The summed E-state index contributed by atoms with van der Waals surface area (Å²) >= 11 is 0. The summed E-state index contributed by atoms with van der Waals surface area (Å²) < 4.78 is 7.55. The van der Waals surface area contributed by atoms with Crippen molar-refractivity contribution in [1.29, 1.82) is 0 Å². The normalized spacial score (nSPS) is 14.2. The van der Waals surface area contributed by atoms with Crippen LogP contribution in [-0.4, -0.2) is 48.2 Å². The van der Waals surface area contributed by atoms with Gasteiger partial charge in [0.1, 0.15) is 5.75 Å². The highest BCUT2D eigenvalue weighted by molar-refractivity contribution is 5.86. The lowest BCUT2D eigenvalue weighted by molar-refractivity contribution is -0.133. The Morgan fingerprint density at radius 3 is 2.48 bits per heavy atom. The molecular weight excluding hydrogens is 390 g/mol. The van der Waals surface area contributed by atoms with E-state index >= 15 is 0 Å². The minimum atomic E-state index is -0.120. The van der Waals surface area contributed by atoms with Gasteiger partial charge in [0.05, 0.1) is 5.52 Å². The van der Waals surface area contributed by atoms with Crippen molar-refractivity contribution in [2.75, 3.05) is 37.7 Å². The topological polar surface area (TPSA) is 54.8 Å². The molecule has 1 aliphatic heterocycles. The number of carbonyl (C=O) groups excluding carboxylic acids is 1. The number of rotatable bonds is 5. The van der Waals surface area contributed by atoms with Crippen molar-refractivity contribution >= 4 is 22.5 Å². The van der Waals surface area contributed by atoms with Crippen molar-refractivity contribution in [2.45, 2.75) is 27.3 Å². The van der Waals surface area contributed by atoms with E-state index in [-0.39, 0.29) is 18.1 Å². The van der Waals surface area contributed by atoms with E-state index < -0.39 is 0 Å². The average molecular weight is 420 g/mol. The van der Waals surface area contributed by atoms with E-state index in [0.717, 1.165) is 24.0 Å². The number of benzene rings is 2. The summed E-state index contributed by atoms with van der Waals surface area (Å²) in [5.41, 5.74) is 4.51. The maximum Gasteiger partial charge on any atom is 0.260 e. The van der Waals surface area contributed by atoms with Crippen LogP contribution in [-0.2, 0) is 11.3 Å². The fourth-order valence-electron chi connectivity index (χ4n) is 4.26. The maximum atomic E-state index is 12.8. The summed E-state index contributed by atoms with van der Waals surface area (Å²) in [6.07, 6.45) is 0. The highest BCUT2D eigenvalue weighted by Gasteiger charge is 2.23. The first-order valence-corrected chi connectivity index (χ1v) is 10.8. The molecule has 0 spiro atoms. The molecule has 3 aromatic rings.